The lowest BCUT2D eigenvalue weighted by Gasteiger charge is -2.32. The quantitative estimate of drug-likeness (QED) is 0.763. The van der Waals surface area contributed by atoms with Gasteiger partial charge in [0, 0.05) is 39.3 Å². The van der Waals surface area contributed by atoms with E-state index in [1.54, 1.807) is 0 Å². The zero-order valence-electron chi connectivity index (χ0n) is 12.5. The van der Waals surface area contributed by atoms with Crippen molar-refractivity contribution < 1.29 is 4.74 Å². The van der Waals surface area contributed by atoms with Crippen molar-refractivity contribution in [3.63, 3.8) is 0 Å². The van der Waals surface area contributed by atoms with E-state index in [4.69, 9.17) is 10.5 Å². The van der Waals surface area contributed by atoms with E-state index in [-0.39, 0.29) is 0 Å². The molecule has 1 aromatic rings. The Balaban J connectivity index is 1.68. The van der Waals surface area contributed by atoms with E-state index in [2.05, 4.69) is 36.7 Å². The number of likely N-dealkylation sites (N-methyl/N-ethyl adjacent to an activating group) is 1. The lowest BCUT2D eigenvalue weighted by Crippen LogP contribution is -2.44. The molecule has 2 saturated heterocycles. The Kier molecular flexibility index (Phi) is 4.47. The van der Waals surface area contributed by atoms with Gasteiger partial charge in [-0.25, -0.2) is 0 Å². The van der Waals surface area contributed by atoms with Crippen molar-refractivity contribution >= 4 is 11.9 Å². The molecule has 0 saturated carbocycles. The fourth-order valence-corrected chi connectivity index (χ4v) is 2.61. The zero-order chi connectivity index (χ0) is 14.7. The average molecular weight is 293 g/mol. The van der Waals surface area contributed by atoms with Gasteiger partial charge in [0.2, 0.25) is 11.9 Å². The van der Waals surface area contributed by atoms with Gasteiger partial charge in [0.05, 0.1) is 19.8 Å². The van der Waals surface area contributed by atoms with Crippen molar-refractivity contribution in [3.8, 4) is 0 Å². The number of nitrogens with two attached hydrogens (primary N) is 1. The van der Waals surface area contributed by atoms with E-state index in [9.17, 15) is 0 Å². The third-order valence-electron chi connectivity index (χ3n) is 3.94. The Morgan fingerprint density at radius 1 is 1.00 bits per heavy atom. The van der Waals surface area contributed by atoms with Crippen molar-refractivity contribution in [2.45, 2.75) is 6.54 Å². The smallest absolute Gasteiger partial charge is 0.230 e. The minimum Gasteiger partial charge on any atom is -0.378 e. The molecule has 0 unspecified atom stereocenters. The first kappa shape index (κ1) is 14.4. The second kappa shape index (κ2) is 6.50. The normalized spacial score (nSPS) is 21.7. The Labute approximate surface area is 124 Å². The maximum Gasteiger partial charge on any atom is 0.230 e. The second-order valence-corrected chi connectivity index (χ2v) is 5.59. The molecule has 0 amide bonds. The van der Waals surface area contributed by atoms with Gasteiger partial charge in [0.25, 0.3) is 0 Å². The average Bonchev–Trinajstić information content (AvgIpc) is 2.50. The summed E-state index contributed by atoms with van der Waals surface area (Å²) in [5, 5.41) is 0. The van der Waals surface area contributed by atoms with Crippen LogP contribution in [0.4, 0.5) is 11.9 Å². The van der Waals surface area contributed by atoms with Crippen LogP contribution in [0.5, 0.6) is 0 Å². The Hall–Kier alpha value is -1.51. The lowest BCUT2D eigenvalue weighted by atomic mass is 10.3. The predicted molar refractivity (Wildman–Crippen MR) is 80.0 cm³/mol. The van der Waals surface area contributed by atoms with Gasteiger partial charge < -0.3 is 20.3 Å². The number of anilines is 2. The van der Waals surface area contributed by atoms with Gasteiger partial charge in [-0.2, -0.15) is 15.0 Å². The van der Waals surface area contributed by atoms with E-state index >= 15 is 0 Å². The number of aromatic nitrogens is 3. The molecule has 3 rings (SSSR count). The van der Waals surface area contributed by atoms with Crippen LogP contribution < -0.4 is 10.6 Å². The summed E-state index contributed by atoms with van der Waals surface area (Å²) in [5.41, 5.74) is 5.85. The molecule has 8 heteroatoms. The summed E-state index contributed by atoms with van der Waals surface area (Å²) >= 11 is 0. The van der Waals surface area contributed by atoms with Crippen LogP contribution in [0, 0.1) is 0 Å². The molecule has 2 fully saturated rings. The topological polar surface area (TPSA) is 83.6 Å². The molecule has 3 heterocycles. The molecule has 21 heavy (non-hydrogen) atoms. The summed E-state index contributed by atoms with van der Waals surface area (Å²) in [6, 6.07) is 0. The Bertz CT molecular complexity index is 470. The maximum atomic E-state index is 5.85. The van der Waals surface area contributed by atoms with Crippen LogP contribution in [0.15, 0.2) is 0 Å². The van der Waals surface area contributed by atoms with E-state index in [1.807, 2.05) is 0 Å². The number of nitrogen functional groups attached to an aromatic ring is 1. The van der Waals surface area contributed by atoms with Crippen LogP contribution in [0.1, 0.15) is 5.82 Å². The van der Waals surface area contributed by atoms with E-state index in [0.717, 1.165) is 51.6 Å². The van der Waals surface area contributed by atoms with Crippen molar-refractivity contribution in [1.29, 1.82) is 0 Å². The molecular weight excluding hydrogens is 270 g/mol. The molecule has 0 aliphatic carbocycles. The van der Waals surface area contributed by atoms with Crippen LogP contribution in [0.25, 0.3) is 0 Å². The predicted octanol–water partition coefficient (Wildman–Crippen LogP) is -0.962. The molecule has 0 bridgehead atoms. The standard InChI is InChI=1S/C13H23N7O/c1-18-2-4-19(5-3-18)10-11-15-12(14)17-13(16-11)20-6-8-21-9-7-20/h2-10H2,1H3,(H2,14,15,16,17). The van der Waals surface area contributed by atoms with Crippen LogP contribution in [-0.2, 0) is 11.3 Å². The molecule has 0 spiro atoms. The van der Waals surface area contributed by atoms with Gasteiger partial charge >= 0.3 is 0 Å². The van der Waals surface area contributed by atoms with Crippen molar-refractivity contribution in [1.82, 2.24) is 24.8 Å². The van der Waals surface area contributed by atoms with Crippen molar-refractivity contribution in [2.75, 3.05) is 70.2 Å². The maximum absolute atomic E-state index is 5.85. The highest BCUT2D eigenvalue weighted by molar-refractivity contribution is 5.35. The van der Waals surface area contributed by atoms with Gasteiger partial charge in [-0.05, 0) is 7.05 Å². The van der Waals surface area contributed by atoms with Crippen LogP contribution in [-0.4, -0.2) is 84.3 Å². The molecule has 2 N–H and O–H groups in total. The SMILES string of the molecule is CN1CCN(Cc2nc(N)nc(N3CCOCC3)n2)CC1. The fourth-order valence-electron chi connectivity index (χ4n) is 2.61. The highest BCUT2D eigenvalue weighted by atomic mass is 16.5. The summed E-state index contributed by atoms with van der Waals surface area (Å²) in [5.74, 6) is 1.74. The number of morpholine rings is 1. The number of hydrogen-bond acceptors (Lipinski definition) is 8. The molecule has 0 radical (unpaired) electrons. The third-order valence-corrected chi connectivity index (χ3v) is 3.94. The fraction of sp³-hybridized carbons (Fsp3) is 0.769. The molecule has 2 aliphatic heterocycles. The van der Waals surface area contributed by atoms with Crippen LogP contribution >= 0.6 is 0 Å². The molecule has 2 aliphatic rings. The van der Waals surface area contributed by atoms with Gasteiger partial charge in [-0.3, -0.25) is 4.90 Å². The monoisotopic (exact) mass is 293 g/mol. The van der Waals surface area contributed by atoms with Crippen molar-refractivity contribution in [3.05, 3.63) is 5.82 Å². The number of ether oxygens (including phenoxy) is 1. The first-order valence-electron chi connectivity index (χ1n) is 7.45. The first-order valence-corrected chi connectivity index (χ1v) is 7.45. The van der Waals surface area contributed by atoms with Crippen LogP contribution in [0.3, 0.4) is 0 Å². The van der Waals surface area contributed by atoms with Crippen molar-refractivity contribution in [2.24, 2.45) is 0 Å². The first-order chi connectivity index (χ1) is 10.2. The van der Waals surface area contributed by atoms with Gasteiger partial charge in [-0.1, -0.05) is 0 Å². The second-order valence-electron chi connectivity index (χ2n) is 5.59. The number of piperazine rings is 1. The molecule has 0 aromatic carbocycles. The summed E-state index contributed by atoms with van der Waals surface area (Å²) in [6.07, 6.45) is 0. The van der Waals surface area contributed by atoms with E-state index in [1.165, 1.54) is 0 Å². The zero-order valence-corrected chi connectivity index (χ0v) is 12.5. The Morgan fingerprint density at radius 2 is 1.71 bits per heavy atom. The summed E-state index contributed by atoms with van der Waals surface area (Å²) in [6.45, 7) is 7.99. The molecular formula is C13H23N7O. The minimum absolute atomic E-state index is 0.301. The molecule has 8 nitrogen and oxygen atoms in total. The molecule has 1 aromatic heterocycles. The number of nitrogens with zero attached hydrogens (tertiary/aromatic N) is 6. The van der Waals surface area contributed by atoms with Crippen LogP contribution in [0.2, 0.25) is 0 Å². The van der Waals surface area contributed by atoms with Gasteiger partial charge in [0.15, 0.2) is 0 Å². The van der Waals surface area contributed by atoms with E-state index < -0.39 is 0 Å². The summed E-state index contributed by atoms with van der Waals surface area (Å²) in [4.78, 5) is 19.9. The summed E-state index contributed by atoms with van der Waals surface area (Å²) in [7, 11) is 2.15. The van der Waals surface area contributed by atoms with Gasteiger partial charge in [0.1, 0.15) is 5.82 Å². The Morgan fingerprint density at radius 3 is 2.43 bits per heavy atom. The highest BCUT2D eigenvalue weighted by Gasteiger charge is 2.18. The largest absolute Gasteiger partial charge is 0.378 e. The summed E-state index contributed by atoms with van der Waals surface area (Å²) < 4.78 is 5.36. The number of rotatable bonds is 3. The molecule has 116 valence electrons. The minimum atomic E-state index is 0.301. The lowest BCUT2D eigenvalue weighted by molar-refractivity contribution is 0.122. The van der Waals surface area contributed by atoms with Gasteiger partial charge in [-0.15, -0.1) is 0 Å². The number of hydrogen-bond donors (Lipinski definition) is 1. The third kappa shape index (κ3) is 3.78. The highest BCUT2D eigenvalue weighted by Crippen LogP contribution is 2.13. The molecule has 0 atom stereocenters. The van der Waals surface area contributed by atoms with E-state index in [0.29, 0.717) is 25.1 Å².